The van der Waals surface area contributed by atoms with Crippen molar-refractivity contribution in [2.24, 2.45) is 4.99 Å². The van der Waals surface area contributed by atoms with E-state index in [0.717, 1.165) is 16.5 Å². The zero-order chi connectivity index (χ0) is 23.0. The summed E-state index contributed by atoms with van der Waals surface area (Å²) in [4.78, 5) is 5.04. The number of rotatable bonds is 5. The number of halogens is 4. The van der Waals surface area contributed by atoms with Crippen LogP contribution in [0.25, 0.3) is 11.1 Å². The summed E-state index contributed by atoms with van der Waals surface area (Å²) in [5.74, 6) is -2.90. The molecule has 164 valence electrons. The first kappa shape index (κ1) is 21.6. The summed E-state index contributed by atoms with van der Waals surface area (Å²) in [5.41, 5.74) is 1.56. The Kier molecular flexibility index (Phi) is 5.74. The largest absolute Gasteiger partial charge is 0.436 e. The van der Waals surface area contributed by atoms with Gasteiger partial charge in [-0.3, -0.25) is 0 Å². The minimum absolute atomic E-state index is 0.0608. The molecule has 3 aromatic rings. The third kappa shape index (κ3) is 3.86. The highest BCUT2D eigenvalue weighted by molar-refractivity contribution is 5.99. The van der Waals surface area contributed by atoms with Crippen molar-refractivity contribution in [2.45, 2.75) is 20.3 Å². The average molecular weight is 440 g/mol. The van der Waals surface area contributed by atoms with Gasteiger partial charge < -0.3 is 9.64 Å². The fourth-order valence-electron chi connectivity index (χ4n) is 3.51. The first-order valence-electron chi connectivity index (χ1n) is 10.0. The Labute approximate surface area is 183 Å². The Morgan fingerprint density at radius 3 is 2.38 bits per heavy atom. The normalized spacial score (nSPS) is 12.7. The molecule has 32 heavy (non-hydrogen) atoms. The smallest absolute Gasteiger partial charge is 0.224 e. The van der Waals surface area contributed by atoms with Gasteiger partial charge in [-0.2, -0.15) is 0 Å². The van der Waals surface area contributed by atoms with Gasteiger partial charge in [0, 0.05) is 18.8 Å². The first-order chi connectivity index (χ1) is 15.3. The monoisotopic (exact) mass is 440 g/mol. The molecule has 0 N–H and O–H groups in total. The van der Waals surface area contributed by atoms with Crippen molar-refractivity contribution in [3.8, 4) is 16.9 Å². The molecule has 0 radical (unpaired) electrons. The fraction of sp³-hybridized carbons (Fsp3) is 0.160. The van der Waals surface area contributed by atoms with E-state index in [1.54, 1.807) is 18.3 Å². The lowest BCUT2D eigenvalue weighted by atomic mass is 10.0. The number of aryl methyl sites for hydroxylation is 1. The van der Waals surface area contributed by atoms with Gasteiger partial charge in [-0.15, -0.1) is 0 Å². The van der Waals surface area contributed by atoms with Crippen molar-refractivity contribution in [3.05, 3.63) is 89.1 Å². The van der Waals surface area contributed by atoms with Gasteiger partial charge >= 0.3 is 0 Å². The number of hydrogen-bond acceptors (Lipinski definition) is 3. The molecule has 3 aromatic carbocycles. The van der Waals surface area contributed by atoms with Crippen LogP contribution in [-0.2, 0) is 0 Å². The molecule has 1 heterocycles. The molecule has 0 aliphatic carbocycles. The van der Waals surface area contributed by atoms with E-state index < -0.39 is 29.0 Å². The summed E-state index contributed by atoms with van der Waals surface area (Å²) in [7, 11) is 1.36. The SMILES string of the molecule is CCC1=CN=C1Oc1ccc(F)c(N(C)c2cc(-c3cccc(F)c3)cc(C)c2F)c1F. The van der Waals surface area contributed by atoms with E-state index in [0.29, 0.717) is 17.5 Å². The Bertz CT molecular complexity index is 1270. The van der Waals surface area contributed by atoms with Gasteiger partial charge in [0.15, 0.2) is 11.6 Å². The summed E-state index contributed by atoms with van der Waals surface area (Å²) in [6.07, 6.45) is 2.27. The molecule has 0 atom stereocenters. The standard InChI is InChI=1S/C25H20F4N2O/c1-4-15-13-30-25(15)32-21-9-8-19(27)24(23(21)29)31(3)20-12-17(10-14(2)22(20)28)16-6-5-7-18(26)11-16/h5-13H,4H2,1-3H3. The summed E-state index contributed by atoms with van der Waals surface area (Å²) in [5, 5.41) is 0. The Balaban J connectivity index is 1.76. The van der Waals surface area contributed by atoms with Crippen molar-refractivity contribution < 1.29 is 22.3 Å². The van der Waals surface area contributed by atoms with E-state index in [4.69, 9.17) is 4.74 Å². The van der Waals surface area contributed by atoms with Crippen LogP contribution in [0.1, 0.15) is 18.9 Å². The van der Waals surface area contributed by atoms with E-state index in [9.17, 15) is 8.78 Å². The van der Waals surface area contributed by atoms with E-state index in [1.807, 2.05) is 6.92 Å². The molecule has 0 unspecified atom stereocenters. The molecular formula is C25H20F4N2O. The second kappa shape index (κ2) is 8.49. The van der Waals surface area contributed by atoms with Crippen molar-refractivity contribution in [2.75, 3.05) is 11.9 Å². The topological polar surface area (TPSA) is 24.8 Å². The Morgan fingerprint density at radius 1 is 0.938 bits per heavy atom. The minimum atomic E-state index is -0.981. The lowest BCUT2D eigenvalue weighted by molar-refractivity contribution is 0.479. The third-order valence-electron chi connectivity index (χ3n) is 5.32. The zero-order valence-electron chi connectivity index (χ0n) is 17.7. The number of hydrogen-bond donors (Lipinski definition) is 0. The molecule has 0 amide bonds. The predicted octanol–water partition coefficient (Wildman–Crippen LogP) is 7.07. The molecule has 1 aliphatic rings. The summed E-state index contributed by atoms with van der Waals surface area (Å²) in [6, 6.07) is 11.0. The highest BCUT2D eigenvalue weighted by Crippen LogP contribution is 2.38. The highest BCUT2D eigenvalue weighted by Gasteiger charge is 2.25. The molecule has 0 saturated carbocycles. The predicted molar refractivity (Wildman–Crippen MR) is 117 cm³/mol. The molecule has 0 spiro atoms. The number of ether oxygens (including phenoxy) is 1. The van der Waals surface area contributed by atoms with Crippen molar-refractivity contribution in [3.63, 3.8) is 0 Å². The molecular weight excluding hydrogens is 420 g/mol. The summed E-state index contributed by atoms with van der Waals surface area (Å²) >= 11 is 0. The zero-order valence-corrected chi connectivity index (χ0v) is 17.7. The van der Waals surface area contributed by atoms with Crippen LogP contribution in [-0.4, -0.2) is 12.9 Å². The van der Waals surface area contributed by atoms with E-state index >= 15 is 8.78 Å². The van der Waals surface area contributed by atoms with Gasteiger partial charge in [0.2, 0.25) is 5.90 Å². The molecule has 3 nitrogen and oxygen atoms in total. The van der Waals surface area contributed by atoms with Crippen LogP contribution in [0.3, 0.4) is 0 Å². The molecule has 4 rings (SSSR count). The third-order valence-corrected chi connectivity index (χ3v) is 5.32. The number of nitrogens with zero attached hydrogens (tertiary/aromatic N) is 2. The van der Waals surface area contributed by atoms with Gasteiger partial charge in [-0.05, 0) is 66.4 Å². The maximum atomic E-state index is 15.3. The van der Waals surface area contributed by atoms with Crippen molar-refractivity contribution in [1.29, 1.82) is 0 Å². The van der Waals surface area contributed by atoms with Gasteiger partial charge in [-0.1, -0.05) is 19.1 Å². The molecule has 0 aromatic heterocycles. The van der Waals surface area contributed by atoms with E-state index in [1.165, 1.54) is 44.3 Å². The second-order valence-electron chi connectivity index (χ2n) is 7.45. The van der Waals surface area contributed by atoms with Gasteiger partial charge in [0.05, 0.1) is 5.69 Å². The molecule has 7 heteroatoms. The Morgan fingerprint density at radius 2 is 1.72 bits per heavy atom. The average Bonchev–Trinajstić information content (AvgIpc) is 2.74. The van der Waals surface area contributed by atoms with Gasteiger partial charge in [-0.25, -0.2) is 22.6 Å². The quantitative estimate of drug-likeness (QED) is 0.397. The first-order valence-corrected chi connectivity index (χ1v) is 10.0. The maximum Gasteiger partial charge on any atom is 0.224 e. The van der Waals surface area contributed by atoms with E-state index in [-0.39, 0.29) is 22.9 Å². The number of benzene rings is 3. The van der Waals surface area contributed by atoms with Crippen LogP contribution in [0.15, 0.2) is 65.3 Å². The van der Waals surface area contributed by atoms with Crippen LogP contribution in [0.4, 0.5) is 28.9 Å². The Hall–Kier alpha value is -3.61. The van der Waals surface area contributed by atoms with Gasteiger partial charge in [0.1, 0.15) is 23.1 Å². The number of aliphatic imine (C=N–C) groups is 1. The van der Waals surface area contributed by atoms with Crippen LogP contribution >= 0.6 is 0 Å². The van der Waals surface area contributed by atoms with Crippen LogP contribution in [0.5, 0.6) is 5.75 Å². The summed E-state index contributed by atoms with van der Waals surface area (Å²) in [6.45, 7) is 3.44. The van der Waals surface area contributed by atoms with Gasteiger partial charge in [0.25, 0.3) is 0 Å². The molecule has 0 fully saturated rings. The lowest BCUT2D eigenvalue weighted by Gasteiger charge is -2.24. The lowest BCUT2D eigenvalue weighted by Crippen LogP contribution is -2.19. The molecule has 0 saturated heterocycles. The van der Waals surface area contributed by atoms with Crippen molar-refractivity contribution >= 4 is 17.3 Å². The fourth-order valence-corrected chi connectivity index (χ4v) is 3.51. The number of anilines is 2. The van der Waals surface area contributed by atoms with Crippen molar-refractivity contribution in [1.82, 2.24) is 0 Å². The van der Waals surface area contributed by atoms with Crippen LogP contribution < -0.4 is 9.64 Å². The molecule has 0 bridgehead atoms. The summed E-state index contributed by atoms with van der Waals surface area (Å²) < 4.78 is 64.2. The van der Waals surface area contributed by atoms with Crippen LogP contribution in [0.2, 0.25) is 0 Å². The minimum Gasteiger partial charge on any atom is -0.436 e. The molecule has 1 aliphatic heterocycles. The van der Waals surface area contributed by atoms with Crippen LogP contribution in [0, 0.1) is 30.2 Å². The maximum absolute atomic E-state index is 15.3. The highest BCUT2D eigenvalue weighted by atomic mass is 19.1. The van der Waals surface area contributed by atoms with E-state index in [2.05, 4.69) is 4.99 Å². The second-order valence-corrected chi connectivity index (χ2v) is 7.45.